The molecule has 0 N–H and O–H groups in total. The summed E-state index contributed by atoms with van der Waals surface area (Å²) < 4.78 is 27.9. The Labute approximate surface area is 186 Å². The highest BCUT2D eigenvalue weighted by atomic mass is 16.5. The third kappa shape index (κ3) is 4.12. The fraction of sp³-hybridized carbons (Fsp3) is 0.192. The van der Waals surface area contributed by atoms with E-state index >= 15 is 0 Å². The molecule has 4 rings (SSSR count). The van der Waals surface area contributed by atoms with Gasteiger partial charge in [0.15, 0.2) is 11.5 Å². The minimum absolute atomic E-state index is 0.624. The quantitative estimate of drug-likeness (QED) is 0.393. The largest absolute Gasteiger partial charge is 0.497 e. The maximum absolute atomic E-state index is 6.24. The van der Waals surface area contributed by atoms with Crippen LogP contribution in [0.2, 0.25) is 0 Å². The number of fused-ring (bicyclic) bond motifs is 1. The van der Waals surface area contributed by atoms with Crippen LogP contribution in [-0.4, -0.2) is 28.4 Å². The van der Waals surface area contributed by atoms with Crippen molar-refractivity contribution in [2.75, 3.05) is 28.4 Å². The Hall–Kier alpha value is -3.93. The summed E-state index contributed by atoms with van der Waals surface area (Å²) in [6.07, 6.45) is 0. The molecule has 0 unspecified atom stereocenters. The van der Waals surface area contributed by atoms with Crippen molar-refractivity contribution >= 4 is 16.7 Å². The molecule has 0 amide bonds. The molecule has 6 heteroatoms. The highest BCUT2D eigenvalue weighted by Gasteiger charge is 2.11. The molecule has 164 valence electrons. The molecule has 6 nitrogen and oxygen atoms in total. The molecule has 32 heavy (non-hydrogen) atoms. The van der Waals surface area contributed by atoms with E-state index in [1.807, 2.05) is 61.5 Å². The van der Waals surface area contributed by atoms with Crippen LogP contribution in [0.1, 0.15) is 5.56 Å². The van der Waals surface area contributed by atoms with E-state index in [1.54, 1.807) is 28.4 Å². The van der Waals surface area contributed by atoms with Crippen LogP contribution >= 0.6 is 0 Å². The second-order valence-electron chi connectivity index (χ2n) is 7.21. The second-order valence-corrected chi connectivity index (χ2v) is 7.21. The smallest absolute Gasteiger partial charge is 0.161 e. The third-order valence-corrected chi connectivity index (χ3v) is 5.19. The van der Waals surface area contributed by atoms with E-state index in [-0.39, 0.29) is 0 Å². The molecule has 4 aromatic rings. The maximum Gasteiger partial charge on any atom is 0.161 e. The zero-order valence-electron chi connectivity index (χ0n) is 18.8. The van der Waals surface area contributed by atoms with Crippen LogP contribution in [0.15, 0.2) is 70.1 Å². The van der Waals surface area contributed by atoms with Gasteiger partial charge < -0.3 is 23.4 Å². The van der Waals surface area contributed by atoms with Gasteiger partial charge in [0.25, 0.3) is 0 Å². The van der Waals surface area contributed by atoms with Crippen molar-refractivity contribution in [1.82, 2.24) is 0 Å². The Kier molecular flexibility index (Phi) is 6.03. The topological polar surface area (TPSA) is 62.4 Å². The van der Waals surface area contributed by atoms with Crippen LogP contribution in [-0.2, 0) is 0 Å². The van der Waals surface area contributed by atoms with Crippen LogP contribution in [0.3, 0.4) is 0 Å². The van der Waals surface area contributed by atoms with Gasteiger partial charge in [0.05, 0.1) is 33.8 Å². The lowest BCUT2D eigenvalue weighted by Crippen LogP contribution is -2.04. The molecule has 0 aliphatic rings. The molecule has 0 radical (unpaired) electrons. The molecule has 0 aliphatic carbocycles. The van der Waals surface area contributed by atoms with Crippen LogP contribution in [0.5, 0.6) is 23.0 Å². The van der Waals surface area contributed by atoms with Crippen molar-refractivity contribution in [3.05, 3.63) is 71.6 Å². The lowest BCUT2D eigenvalue weighted by Gasteiger charge is -2.11. The molecule has 0 aliphatic heterocycles. The highest BCUT2D eigenvalue weighted by molar-refractivity contribution is 5.80. The van der Waals surface area contributed by atoms with Crippen LogP contribution in [0.25, 0.3) is 22.3 Å². The average molecular weight is 431 g/mol. The van der Waals surface area contributed by atoms with Gasteiger partial charge in [0.1, 0.15) is 28.5 Å². The Morgan fingerprint density at radius 1 is 0.688 bits per heavy atom. The number of hydrogen-bond acceptors (Lipinski definition) is 6. The first-order valence-corrected chi connectivity index (χ1v) is 10.1. The molecular formula is C26H25NO5. The van der Waals surface area contributed by atoms with Gasteiger partial charge in [0.2, 0.25) is 0 Å². The predicted molar refractivity (Wildman–Crippen MR) is 124 cm³/mol. The summed E-state index contributed by atoms with van der Waals surface area (Å²) in [5.74, 6) is 3.27. The summed E-state index contributed by atoms with van der Waals surface area (Å²) >= 11 is 0. The van der Waals surface area contributed by atoms with E-state index in [0.29, 0.717) is 34.4 Å². The predicted octanol–water partition coefficient (Wildman–Crippen LogP) is 5.68. The fourth-order valence-corrected chi connectivity index (χ4v) is 3.51. The Balaban J connectivity index is 1.97. The lowest BCUT2D eigenvalue weighted by molar-refractivity contribution is 0.355. The molecule has 0 atom stereocenters. The van der Waals surface area contributed by atoms with Gasteiger partial charge in [0, 0.05) is 23.1 Å². The standard InChI is InChI=1S/C26H25NO5/c1-16-6-10-22-19(12-16)21(27-20-9-8-18(28-2)14-25(20)30-4)15-24(32-22)17-7-11-23(29-3)26(13-17)31-5/h6-15H,1-5H3. The summed E-state index contributed by atoms with van der Waals surface area (Å²) in [6, 6.07) is 19.2. The monoisotopic (exact) mass is 431 g/mol. The molecule has 0 saturated heterocycles. The van der Waals surface area contributed by atoms with Crippen LogP contribution in [0.4, 0.5) is 5.69 Å². The summed E-state index contributed by atoms with van der Waals surface area (Å²) in [6.45, 7) is 2.04. The van der Waals surface area contributed by atoms with E-state index < -0.39 is 0 Å². The molecule has 0 fully saturated rings. The maximum atomic E-state index is 6.24. The normalized spacial score (nSPS) is 11.5. The number of hydrogen-bond donors (Lipinski definition) is 0. The van der Waals surface area contributed by atoms with Crippen molar-refractivity contribution in [1.29, 1.82) is 0 Å². The molecule has 0 bridgehead atoms. The minimum Gasteiger partial charge on any atom is -0.497 e. The van der Waals surface area contributed by atoms with E-state index in [1.165, 1.54) is 0 Å². The van der Waals surface area contributed by atoms with Crippen molar-refractivity contribution in [2.45, 2.75) is 6.92 Å². The average Bonchev–Trinajstić information content (AvgIpc) is 2.83. The van der Waals surface area contributed by atoms with Crippen molar-refractivity contribution in [2.24, 2.45) is 4.99 Å². The molecule has 1 heterocycles. The van der Waals surface area contributed by atoms with Gasteiger partial charge in [-0.15, -0.1) is 0 Å². The zero-order valence-corrected chi connectivity index (χ0v) is 18.8. The summed E-state index contributed by atoms with van der Waals surface area (Å²) in [7, 11) is 6.46. The molecule has 0 spiro atoms. The van der Waals surface area contributed by atoms with Gasteiger partial charge in [-0.05, 0) is 49.4 Å². The highest BCUT2D eigenvalue weighted by Crippen LogP contribution is 2.34. The Bertz CT molecular complexity index is 1340. The zero-order chi connectivity index (χ0) is 22.7. The van der Waals surface area contributed by atoms with E-state index in [4.69, 9.17) is 28.4 Å². The summed E-state index contributed by atoms with van der Waals surface area (Å²) in [5, 5.41) is 1.68. The van der Waals surface area contributed by atoms with Crippen LogP contribution in [0, 0.1) is 6.92 Å². The van der Waals surface area contributed by atoms with Gasteiger partial charge in [-0.2, -0.15) is 0 Å². The van der Waals surface area contributed by atoms with Crippen LogP contribution < -0.4 is 24.3 Å². The SMILES string of the molecule is COc1ccc(N=c2cc(-c3ccc(OC)c(OC)c3)oc3ccc(C)cc23)c(OC)c1. The summed E-state index contributed by atoms with van der Waals surface area (Å²) in [5.41, 5.74) is 3.39. The van der Waals surface area contributed by atoms with E-state index in [9.17, 15) is 0 Å². The molecule has 3 aromatic carbocycles. The number of nitrogens with zero attached hydrogens (tertiary/aromatic N) is 1. The number of methoxy groups -OCH3 is 4. The van der Waals surface area contributed by atoms with Crippen molar-refractivity contribution in [3.63, 3.8) is 0 Å². The number of aryl methyl sites for hydroxylation is 1. The molecule has 1 aromatic heterocycles. The van der Waals surface area contributed by atoms with Gasteiger partial charge in [-0.3, -0.25) is 0 Å². The first-order chi connectivity index (χ1) is 15.6. The second kappa shape index (κ2) is 9.06. The number of ether oxygens (including phenoxy) is 4. The lowest BCUT2D eigenvalue weighted by atomic mass is 10.1. The third-order valence-electron chi connectivity index (χ3n) is 5.19. The van der Waals surface area contributed by atoms with Crippen molar-refractivity contribution < 1.29 is 23.4 Å². The van der Waals surface area contributed by atoms with E-state index in [2.05, 4.69) is 6.07 Å². The van der Waals surface area contributed by atoms with E-state index in [0.717, 1.165) is 27.5 Å². The molecular weight excluding hydrogens is 406 g/mol. The fourth-order valence-electron chi connectivity index (χ4n) is 3.51. The summed E-state index contributed by atoms with van der Waals surface area (Å²) in [4.78, 5) is 4.92. The van der Waals surface area contributed by atoms with Gasteiger partial charge in [-0.1, -0.05) is 11.6 Å². The number of benzene rings is 3. The number of rotatable bonds is 6. The molecule has 0 saturated carbocycles. The first kappa shape index (κ1) is 21.3. The first-order valence-electron chi connectivity index (χ1n) is 10.1. The van der Waals surface area contributed by atoms with Crippen molar-refractivity contribution in [3.8, 4) is 34.3 Å². The Morgan fingerprint density at radius 3 is 2.19 bits per heavy atom. The minimum atomic E-state index is 0.624. The Morgan fingerprint density at radius 2 is 1.47 bits per heavy atom. The van der Waals surface area contributed by atoms with Gasteiger partial charge >= 0.3 is 0 Å². The van der Waals surface area contributed by atoms with Gasteiger partial charge in [-0.25, -0.2) is 4.99 Å².